The van der Waals surface area contributed by atoms with Crippen molar-refractivity contribution in [2.45, 2.75) is 26.7 Å². The summed E-state index contributed by atoms with van der Waals surface area (Å²) in [7, 11) is 0. The molecular weight excluding hydrogens is 208 g/mol. The van der Waals surface area contributed by atoms with Gasteiger partial charge >= 0.3 is 0 Å². The third kappa shape index (κ3) is 1.62. The van der Waals surface area contributed by atoms with E-state index in [0.717, 1.165) is 11.2 Å². The minimum absolute atomic E-state index is 0.551. The first-order valence-electron chi connectivity index (χ1n) is 6.08. The summed E-state index contributed by atoms with van der Waals surface area (Å²) in [5.74, 6) is 0.551. The number of furan rings is 1. The van der Waals surface area contributed by atoms with E-state index in [9.17, 15) is 0 Å². The van der Waals surface area contributed by atoms with Crippen LogP contribution in [0, 0.1) is 6.92 Å². The van der Waals surface area contributed by atoms with E-state index < -0.39 is 0 Å². The molecule has 1 heteroatoms. The molecule has 17 heavy (non-hydrogen) atoms. The van der Waals surface area contributed by atoms with E-state index in [2.05, 4.69) is 57.2 Å². The molecule has 0 unspecified atom stereocenters. The molecule has 0 bridgehead atoms. The fraction of sp³-hybridized carbons (Fsp3) is 0.250. The maximum atomic E-state index is 5.87. The lowest BCUT2D eigenvalue weighted by Crippen LogP contribution is -1.85. The second-order valence-electron chi connectivity index (χ2n) is 5.01. The van der Waals surface area contributed by atoms with Crippen LogP contribution in [-0.4, -0.2) is 0 Å². The molecule has 0 aliphatic carbocycles. The second-order valence-corrected chi connectivity index (χ2v) is 5.01. The molecule has 3 aromatic rings. The van der Waals surface area contributed by atoms with Gasteiger partial charge in [0.1, 0.15) is 11.2 Å². The van der Waals surface area contributed by atoms with Crippen molar-refractivity contribution in [2.24, 2.45) is 0 Å². The van der Waals surface area contributed by atoms with Crippen LogP contribution in [0.1, 0.15) is 30.9 Å². The average Bonchev–Trinajstić information content (AvgIpc) is 2.64. The average molecular weight is 224 g/mol. The highest BCUT2D eigenvalue weighted by molar-refractivity contribution is 6.05. The fourth-order valence-electron chi connectivity index (χ4n) is 2.26. The van der Waals surface area contributed by atoms with E-state index in [4.69, 9.17) is 4.42 Å². The smallest absolute Gasteiger partial charge is 0.135 e. The molecule has 0 radical (unpaired) electrons. The molecule has 1 nitrogen and oxygen atoms in total. The Morgan fingerprint density at radius 2 is 1.71 bits per heavy atom. The second kappa shape index (κ2) is 3.63. The molecule has 86 valence electrons. The fourth-order valence-corrected chi connectivity index (χ4v) is 2.26. The molecular formula is C16H16O. The standard InChI is InChI=1S/C16H16O/c1-10(2)12-5-7-15-14(9-12)13-6-4-11(3)8-16(13)17-15/h4-10H,1-3H3. The van der Waals surface area contributed by atoms with Gasteiger partial charge in [0.05, 0.1) is 0 Å². The lowest BCUT2D eigenvalue weighted by atomic mass is 10.0. The van der Waals surface area contributed by atoms with Gasteiger partial charge in [-0.2, -0.15) is 0 Å². The lowest BCUT2D eigenvalue weighted by Gasteiger charge is -2.03. The summed E-state index contributed by atoms with van der Waals surface area (Å²) in [5.41, 5.74) is 4.57. The van der Waals surface area contributed by atoms with Crippen LogP contribution in [0.2, 0.25) is 0 Å². The molecule has 0 fully saturated rings. The van der Waals surface area contributed by atoms with E-state index in [1.807, 2.05) is 0 Å². The van der Waals surface area contributed by atoms with Crippen LogP contribution in [-0.2, 0) is 0 Å². The molecule has 0 aliphatic heterocycles. The molecule has 1 heterocycles. The van der Waals surface area contributed by atoms with Crippen molar-refractivity contribution in [3.05, 3.63) is 47.5 Å². The highest BCUT2D eigenvalue weighted by Crippen LogP contribution is 2.31. The van der Waals surface area contributed by atoms with Crippen molar-refractivity contribution in [1.82, 2.24) is 0 Å². The molecule has 0 saturated carbocycles. The molecule has 0 N–H and O–H groups in total. The van der Waals surface area contributed by atoms with Crippen molar-refractivity contribution >= 4 is 21.9 Å². The van der Waals surface area contributed by atoms with Gasteiger partial charge in [-0.05, 0) is 42.2 Å². The van der Waals surface area contributed by atoms with E-state index in [1.54, 1.807) is 0 Å². The Kier molecular flexibility index (Phi) is 2.22. The van der Waals surface area contributed by atoms with Crippen LogP contribution in [0.25, 0.3) is 21.9 Å². The van der Waals surface area contributed by atoms with E-state index in [-0.39, 0.29) is 0 Å². The van der Waals surface area contributed by atoms with Gasteiger partial charge in [-0.1, -0.05) is 32.0 Å². The Balaban J connectivity index is 2.37. The zero-order valence-corrected chi connectivity index (χ0v) is 10.4. The highest BCUT2D eigenvalue weighted by Gasteiger charge is 2.08. The van der Waals surface area contributed by atoms with Crippen molar-refractivity contribution < 1.29 is 4.42 Å². The number of aryl methyl sites for hydroxylation is 1. The van der Waals surface area contributed by atoms with Gasteiger partial charge in [0.25, 0.3) is 0 Å². The lowest BCUT2D eigenvalue weighted by molar-refractivity contribution is 0.668. The zero-order chi connectivity index (χ0) is 12.0. The summed E-state index contributed by atoms with van der Waals surface area (Å²) in [5, 5.41) is 2.44. The van der Waals surface area contributed by atoms with Crippen LogP contribution in [0.5, 0.6) is 0 Å². The Bertz CT molecular complexity index is 689. The van der Waals surface area contributed by atoms with Gasteiger partial charge in [0.2, 0.25) is 0 Å². The first-order chi connectivity index (χ1) is 8.15. The SMILES string of the molecule is Cc1ccc2c(c1)oc1ccc(C(C)C)cc12. The molecule has 3 rings (SSSR count). The molecule has 0 spiro atoms. The van der Waals surface area contributed by atoms with Gasteiger partial charge in [-0.25, -0.2) is 0 Å². The number of rotatable bonds is 1. The van der Waals surface area contributed by atoms with Crippen molar-refractivity contribution in [2.75, 3.05) is 0 Å². The van der Waals surface area contributed by atoms with E-state index in [1.165, 1.54) is 21.9 Å². The van der Waals surface area contributed by atoms with Crippen LogP contribution in [0.15, 0.2) is 40.8 Å². The summed E-state index contributed by atoms with van der Waals surface area (Å²) in [6, 6.07) is 12.9. The van der Waals surface area contributed by atoms with Gasteiger partial charge in [-0.15, -0.1) is 0 Å². The predicted octanol–water partition coefficient (Wildman–Crippen LogP) is 5.02. The van der Waals surface area contributed by atoms with Crippen molar-refractivity contribution in [3.8, 4) is 0 Å². The van der Waals surface area contributed by atoms with Crippen molar-refractivity contribution in [1.29, 1.82) is 0 Å². The summed E-state index contributed by atoms with van der Waals surface area (Å²) in [6.45, 7) is 6.52. The predicted molar refractivity (Wildman–Crippen MR) is 72.5 cm³/mol. The molecule has 2 aromatic carbocycles. The number of hydrogen-bond donors (Lipinski definition) is 0. The normalized spacial score (nSPS) is 11.8. The van der Waals surface area contributed by atoms with Crippen LogP contribution in [0.3, 0.4) is 0 Å². The van der Waals surface area contributed by atoms with Crippen LogP contribution >= 0.6 is 0 Å². The number of hydrogen-bond acceptors (Lipinski definition) is 1. The minimum Gasteiger partial charge on any atom is -0.456 e. The Morgan fingerprint density at radius 1 is 0.882 bits per heavy atom. The molecule has 0 aliphatic rings. The number of fused-ring (bicyclic) bond motifs is 3. The Morgan fingerprint density at radius 3 is 2.47 bits per heavy atom. The topological polar surface area (TPSA) is 13.1 Å². The summed E-state index contributed by atoms with van der Waals surface area (Å²) in [6.07, 6.45) is 0. The molecule has 0 atom stereocenters. The van der Waals surface area contributed by atoms with Gasteiger partial charge < -0.3 is 4.42 Å². The first kappa shape index (κ1) is 10.4. The van der Waals surface area contributed by atoms with Gasteiger partial charge in [0, 0.05) is 10.8 Å². The van der Waals surface area contributed by atoms with Crippen molar-refractivity contribution in [3.63, 3.8) is 0 Å². The third-order valence-corrected chi connectivity index (χ3v) is 3.32. The minimum atomic E-state index is 0.551. The largest absolute Gasteiger partial charge is 0.456 e. The molecule has 0 amide bonds. The van der Waals surface area contributed by atoms with Gasteiger partial charge in [-0.3, -0.25) is 0 Å². The number of benzene rings is 2. The molecule has 0 saturated heterocycles. The maximum Gasteiger partial charge on any atom is 0.135 e. The maximum absolute atomic E-state index is 5.87. The summed E-state index contributed by atoms with van der Waals surface area (Å²) >= 11 is 0. The Labute approximate surface area is 101 Å². The Hall–Kier alpha value is -1.76. The third-order valence-electron chi connectivity index (χ3n) is 3.32. The van der Waals surface area contributed by atoms with Crippen LogP contribution in [0.4, 0.5) is 0 Å². The zero-order valence-electron chi connectivity index (χ0n) is 10.4. The molecule has 1 aromatic heterocycles. The quantitative estimate of drug-likeness (QED) is 0.565. The first-order valence-corrected chi connectivity index (χ1v) is 6.08. The monoisotopic (exact) mass is 224 g/mol. The summed E-state index contributed by atoms with van der Waals surface area (Å²) in [4.78, 5) is 0. The van der Waals surface area contributed by atoms with E-state index in [0.29, 0.717) is 5.92 Å². The highest BCUT2D eigenvalue weighted by atomic mass is 16.3. The van der Waals surface area contributed by atoms with Gasteiger partial charge in [0.15, 0.2) is 0 Å². The summed E-state index contributed by atoms with van der Waals surface area (Å²) < 4.78 is 5.87. The van der Waals surface area contributed by atoms with Crippen LogP contribution < -0.4 is 0 Å². The van der Waals surface area contributed by atoms with E-state index >= 15 is 0 Å².